The summed E-state index contributed by atoms with van der Waals surface area (Å²) in [4.78, 5) is 10.0. The Balaban J connectivity index is 3.17. The van der Waals surface area contributed by atoms with E-state index in [1.54, 1.807) is 6.92 Å². The molecule has 7 heavy (non-hydrogen) atoms. The van der Waals surface area contributed by atoms with Gasteiger partial charge in [-0.25, -0.2) is 0 Å². The summed E-state index contributed by atoms with van der Waals surface area (Å²) in [6.07, 6.45) is 0. The zero-order valence-electron chi connectivity index (χ0n) is 3.90. The van der Waals surface area contributed by atoms with Crippen LogP contribution in [0.4, 0.5) is 4.79 Å². The van der Waals surface area contributed by atoms with Gasteiger partial charge in [0.05, 0.1) is 0 Å². The number of amides is 1. The summed E-state index contributed by atoms with van der Waals surface area (Å²) in [5.41, 5.74) is 0. The molecule has 42 valence electrons. The number of rotatable bonds is 2. The third kappa shape index (κ3) is 3.84. The number of hydrogen-bond acceptors (Lipinski definition) is 2. The van der Waals surface area contributed by atoms with Gasteiger partial charge in [-0.3, -0.25) is 7.86 Å². The third-order valence-corrected chi connectivity index (χ3v) is 1.17. The van der Waals surface area contributed by atoms with Crippen molar-refractivity contribution in [2.45, 2.75) is 6.92 Å². The topological polar surface area (TPSA) is 46.2 Å². The SMILES string of the molecule is CCNC(=O)I=O. The van der Waals surface area contributed by atoms with Gasteiger partial charge >= 0.3 is 3.91 Å². The predicted octanol–water partition coefficient (Wildman–Crippen LogP) is 1.03. The molecule has 3 nitrogen and oxygen atoms in total. The van der Waals surface area contributed by atoms with Crippen molar-refractivity contribution in [3.8, 4) is 0 Å². The number of hydrogen-bond donors (Lipinski definition) is 1. The second-order valence-corrected chi connectivity index (χ2v) is 2.30. The van der Waals surface area contributed by atoms with Gasteiger partial charge in [0.2, 0.25) is 21.2 Å². The van der Waals surface area contributed by atoms with E-state index in [1.165, 1.54) is 0 Å². The van der Waals surface area contributed by atoms with Gasteiger partial charge < -0.3 is 5.32 Å². The second-order valence-electron chi connectivity index (χ2n) is 0.881. The molecule has 0 aromatic rings. The molecular weight excluding hydrogens is 209 g/mol. The molecule has 1 amide bonds. The van der Waals surface area contributed by atoms with Gasteiger partial charge in [0.25, 0.3) is 0 Å². The first-order chi connectivity index (χ1) is 3.31. The van der Waals surface area contributed by atoms with Crippen molar-refractivity contribution in [3.63, 3.8) is 0 Å². The lowest BCUT2D eigenvalue weighted by Gasteiger charge is -1.86. The molecule has 0 aliphatic rings. The van der Waals surface area contributed by atoms with E-state index in [0.29, 0.717) is 6.54 Å². The van der Waals surface area contributed by atoms with Crippen LogP contribution in [-0.2, 0) is 3.07 Å². The first kappa shape index (κ1) is 7.00. The Kier molecular flexibility index (Phi) is 4.17. The predicted molar refractivity (Wildman–Crippen MR) is 33.8 cm³/mol. The zero-order chi connectivity index (χ0) is 5.70. The minimum Gasteiger partial charge on any atom is -0.345 e. The first-order valence-corrected chi connectivity index (χ1v) is 3.82. The molecule has 0 aliphatic heterocycles. The van der Waals surface area contributed by atoms with E-state index < -0.39 is 21.2 Å². The van der Waals surface area contributed by atoms with Crippen molar-refractivity contribution in [2.75, 3.05) is 6.54 Å². The molecule has 0 radical (unpaired) electrons. The quantitative estimate of drug-likeness (QED) is 0.424. The Labute approximate surface area is 52.1 Å². The van der Waals surface area contributed by atoms with Gasteiger partial charge in [0, 0.05) is 6.54 Å². The standard InChI is InChI=1S/C3H6INO2/c1-2-5-3(6)4-7/h2H2,1H3,(H,5,6). The van der Waals surface area contributed by atoms with Crippen molar-refractivity contribution < 1.29 is 7.86 Å². The van der Waals surface area contributed by atoms with Crippen LogP contribution in [0.2, 0.25) is 0 Å². The van der Waals surface area contributed by atoms with Gasteiger partial charge in [0.15, 0.2) is 0 Å². The minimum atomic E-state index is -1.46. The molecule has 0 aromatic heterocycles. The molecule has 1 N–H and O–H groups in total. The average molecular weight is 215 g/mol. The smallest absolute Gasteiger partial charge is 0.315 e. The lowest BCUT2D eigenvalue weighted by atomic mass is 10.8. The largest absolute Gasteiger partial charge is 0.345 e. The van der Waals surface area contributed by atoms with Gasteiger partial charge in [-0.05, 0) is 6.92 Å². The molecule has 0 rings (SSSR count). The molecule has 0 saturated carbocycles. The molecule has 0 saturated heterocycles. The molecule has 0 unspecified atom stereocenters. The Bertz CT molecular complexity index is 83.0. The van der Waals surface area contributed by atoms with Crippen molar-refractivity contribution in [3.05, 3.63) is 0 Å². The third-order valence-electron chi connectivity index (χ3n) is 0.386. The van der Waals surface area contributed by atoms with E-state index in [9.17, 15) is 7.86 Å². The highest BCUT2D eigenvalue weighted by Crippen LogP contribution is 1.90. The molecule has 0 heterocycles. The minimum absolute atomic E-state index is 0.318. The molecule has 4 heteroatoms. The summed E-state index contributed by atoms with van der Waals surface area (Å²) in [5.74, 6) is 0. The van der Waals surface area contributed by atoms with Crippen molar-refractivity contribution in [1.29, 1.82) is 0 Å². The first-order valence-electron chi connectivity index (χ1n) is 1.86. The molecule has 0 aromatic carbocycles. The van der Waals surface area contributed by atoms with E-state index in [2.05, 4.69) is 5.32 Å². The van der Waals surface area contributed by atoms with E-state index in [4.69, 9.17) is 0 Å². The van der Waals surface area contributed by atoms with Gasteiger partial charge in [-0.15, -0.1) is 0 Å². The van der Waals surface area contributed by atoms with Crippen molar-refractivity contribution >= 4 is 25.1 Å². The summed E-state index contributed by atoms with van der Waals surface area (Å²) in [5, 5.41) is 2.39. The fourth-order valence-corrected chi connectivity index (χ4v) is 0.703. The Morgan fingerprint density at radius 1 is 1.86 bits per heavy atom. The maximum Gasteiger partial charge on any atom is 0.315 e. The van der Waals surface area contributed by atoms with Crippen LogP contribution in [-0.4, -0.2) is 10.5 Å². The normalized spacial score (nSPS) is 8.14. The van der Waals surface area contributed by atoms with E-state index >= 15 is 0 Å². The van der Waals surface area contributed by atoms with Crippen LogP contribution in [0.1, 0.15) is 6.92 Å². The molecule has 0 aliphatic carbocycles. The summed E-state index contributed by atoms with van der Waals surface area (Å²) in [6.45, 7) is 2.36. The Morgan fingerprint density at radius 3 is 2.57 bits per heavy atom. The van der Waals surface area contributed by atoms with E-state index in [0.717, 1.165) is 0 Å². The summed E-state index contributed by atoms with van der Waals surface area (Å²) < 4.78 is 9.40. The number of carbonyl (C=O) groups is 1. The lowest BCUT2D eigenvalue weighted by Crippen LogP contribution is -2.14. The second kappa shape index (κ2) is 4.17. The summed E-state index contributed by atoms with van der Waals surface area (Å²) in [7, 11) is 0. The van der Waals surface area contributed by atoms with Crippen LogP contribution >= 0.6 is 21.2 Å². The molecular formula is C3H6INO2. The van der Waals surface area contributed by atoms with Crippen LogP contribution in [0.5, 0.6) is 0 Å². The lowest BCUT2D eigenvalue weighted by molar-refractivity contribution is 0.263. The van der Waals surface area contributed by atoms with Gasteiger partial charge in [-0.1, -0.05) is 0 Å². The van der Waals surface area contributed by atoms with Crippen LogP contribution < -0.4 is 5.32 Å². The van der Waals surface area contributed by atoms with Gasteiger partial charge in [-0.2, -0.15) is 0 Å². The number of nitrogens with one attached hydrogen (secondary N) is 1. The fraction of sp³-hybridized carbons (Fsp3) is 0.667. The maximum atomic E-state index is 10.0. The molecule has 0 spiro atoms. The maximum absolute atomic E-state index is 10.0. The van der Waals surface area contributed by atoms with E-state index in [1.807, 2.05) is 0 Å². The van der Waals surface area contributed by atoms with Crippen LogP contribution in [0.3, 0.4) is 0 Å². The summed E-state index contributed by atoms with van der Waals surface area (Å²) >= 11 is -1.46. The van der Waals surface area contributed by atoms with Crippen LogP contribution in [0.25, 0.3) is 0 Å². The zero-order valence-corrected chi connectivity index (χ0v) is 6.06. The highest BCUT2D eigenvalue weighted by molar-refractivity contribution is 14.2. The van der Waals surface area contributed by atoms with Gasteiger partial charge in [0.1, 0.15) is 0 Å². The van der Waals surface area contributed by atoms with Crippen LogP contribution in [0, 0.1) is 0 Å². The van der Waals surface area contributed by atoms with Crippen LogP contribution in [0.15, 0.2) is 0 Å². The molecule has 0 bridgehead atoms. The average Bonchev–Trinajstić information content (AvgIpc) is 1.68. The monoisotopic (exact) mass is 215 g/mol. The number of halogens is 1. The van der Waals surface area contributed by atoms with Crippen molar-refractivity contribution in [2.24, 2.45) is 0 Å². The number of carbonyl (C=O) groups excluding carboxylic acids is 1. The summed E-state index contributed by atoms with van der Waals surface area (Å²) in [6, 6.07) is 0. The Morgan fingerprint density at radius 2 is 2.43 bits per heavy atom. The molecule has 0 atom stereocenters. The van der Waals surface area contributed by atoms with Crippen molar-refractivity contribution in [1.82, 2.24) is 5.32 Å². The highest BCUT2D eigenvalue weighted by Gasteiger charge is 1.91. The Hall–Kier alpha value is -0.0000000000000000555. The fourth-order valence-electron chi connectivity index (χ4n) is 0.166. The van der Waals surface area contributed by atoms with E-state index in [-0.39, 0.29) is 3.91 Å². The highest BCUT2D eigenvalue weighted by atomic mass is 127. The molecule has 0 fully saturated rings.